The predicted octanol–water partition coefficient (Wildman–Crippen LogP) is 5.01. The Labute approximate surface area is 230 Å². The van der Waals surface area contributed by atoms with E-state index in [1.807, 2.05) is 70.4 Å². The average Bonchev–Trinajstić information content (AvgIpc) is 3.45. The molecule has 1 aliphatic rings. The number of carbonyl (C=O) groups excluding carboxylic acids is 1. The van der Waals surface area contributed by atoms with Crippen LogP contribution in [-0.2, 0) is 4.79 Å². The number of thiazole rings is 1. The van der Waals surface area contributed by atoms with Crippen molar-refractivity contribution >= 4 is 78.9 Å². The summed E-state index contributed by atoms with van der Waals surface area (Å²) >= 11 is 8.21. The van der Waals surface area contributed by atoms with Gasteiger partial charge in [-0.15, -0.1) is 11.3 Å². The van der Waals surface area contributed by atoms with E-state index in [9.17, 15) is 14.7 Å². The second kappa shape index (κ2) is 9.84. The highest BCUT2D eigenvalue weighted by Gasteiger charge is 2.33. The van der Waals surface area contributed by atoms with Crippen molar-refractivity contribution in [1.82, 2.24) is 4.57 Å². The summed E-state index contributed by atoms with van der Waals surface area (Å²) < 4.78 is 3.47. The van der Waals surface area contributed by atoms with Crippen LogP contribution in [0.4, 0.5) is 5.69 Å². The molecular weight excluding hydrogens is 661 g/mol. The van der Waals surface area contributed by atoms with Gasteiger partial charge < -0.3 is 10.4 Å². The highest BCUT2D eigenvalue weighted by atomic mass is 127. The van der Waals surface area contributed by atoms with Gasteiger partial charge >= 0.3 is 0 Å². The number of nitrogens with one attached hydrogen (secondary N) is 1. The zero-order valence-corrected chi connectivity index (χ0v) is 23.5. The van der Waals surface area contributed by atoms with Gasteiger partial charge in [0.1, 0.15) is 11.8 Å². The molecule has 10 heteroatoms. The third-order valence-corrected chi connectivity index (χ3v) is 8.64. The Hall–Kier alpha value is -2.54. The monoisotopic (exact) mass is 677 g/mol. The summed E-state index contributed by atoms with van der Waals surface area (Å²) in [6.07, 6.45) is 1.67. The number of phenols is 1. The van der Waals surface area contributed by atoms with E-state index in [4.69, 9.17) is 0 Å². The van der Waals surface area contributed by atoms with Crippen molar-refractivity contribution in [3.63, 3.8) is 0 Å². The largest absolute Gasteiger partial charge is 0.506 e. The first-order valence-electron chi connectivity index (χ1n) is 10.4. The molecule has 1 amide bonds. The number of halogens is 2. The molecule has 0 saturated carbocycles. The van der Waals surface area contributed by atoms with Gasteiger partial charge in [0.05, 0.1) is 19.4 Å². The standard InChI is InChI=1S/C25H17BrIN3O3S2/c1-13-20(23(32)29-16-6-3-2-4-7-16)21(18-8-5-9-34-18)30-24(33)19(35-25(30)28-13)11-14-10-15(26)12-17(27)22(14)31/h2-12,21,31H,1H3,(H,29,32)/b19-11+/t21-/m1/s1. The number of hydrogen-bond acceptors (Lipinski definition) is 6. The van der Waals surface area contributed by atoms with Gasteiger partial charge in [0.25, 0.3) is 11.5 Å². The van der Waals surface area contributed by atoms with E-state index in [-0.39, 0.29) is 17.2 Å². The third kappa shape index (κ3) is 4.67. The number of amides is 1. The zero-order valence-electron chi connectivity index (χ0n) is 18.2. The van der Waals surface area contributed by atoms with E-state index < -0.39 is 6.04 Å². The number of allylic oxidation sites excluding steroid dienone is 1. The Morgan fingerprint density at radius 1 is 1.23 bits per heavy atom. The lowest BCUT2D eigenvalue weighted by molar-refractivity contribution is -0.113. The van der Waals surface area contributed by atoms with Crippen molar-refractivity contribution in [3.8, 4) is 5.75 Å². The van der Waals surface area contributed by atoms with Crippen molar-refractivity contribution < 1.29 is 9.90 Å². The van der Waals surface area contributed by atoms with E-state index in [2.05, 4.69) is 26.2 Å². The Balaban J connectivity index is 1.67. The van der Waals surface area contributed by atoms with Gasteiger partial charge in [0, 0.05) is 20.6 Å². The number of para-hydroxylation sites is 1. The number of nitrogens with zero attached hydrogens (tertiary/aromatic N) is 2. The van der Waals surface area contributed by atoms with Crippen LogP contribution in [0.3, 0.4) is 0 Å². The Bertz CT molecular complexity index is 1660. The molecule has 6 nitrogen and oxygen atoms in total. The minimum Gasteiger partial charge on any atom is -0.506 e. The Kier molecular flexibility index (Phi) is 6.80. The highest BCUT2D eigenvalue weighted by molar-refractivity contribution is 14.1. The molecule has 1 atom stereocenters. The lowest BCUT2D eigenvalue weighted by atomic mass is 10.0. The topological polar surface area (TPSA) is 83.7 Å². The van der Waals surface area contributed by atoms with Crippen LogP contribution in [-0.4, -0.2) is 15.6 Å². The van der Waals surface area contributed by atoms with Crippen molar-refractivity contribution in [3.05, 3.63) is 109 Å². The average molecular weight is 678 g/mol. The molecule has 2 N–H and O–H groups in total. The van der Waals surface area contributed by atoms with Crippen LogP contribution in [0.15, 0.2) is 85.5 Å². The lowest BCUT2D eigenvalue weighted by Crippen LogP contribution is -2.40. The number of fused-ring (bicyclic) bond motifs is 1. The van der Waals surface area contributed by atoms with Crippen LogP contribution in [0.5, 0.6) is 5.75 Å². The number of carbonyl (C=O) groups is 1. The maximum absolute atomic E-state index is 13.7. The smallest absolute Gasteiger partial charge is 0.271 e. The fraction of sp³-hybridized carbons (Fsp3) is 0.0800. The van der Waals surface area contributed by atoms with Crippen molar-refractivity contribution in [1.29, 1.82) is 0 Å². The van der Waals surface area contributed by atoms with Crippen LogP contribution < -0.4 is 20.2 Å². The van der Waals surface area contributed by atoms with Gasteiger partial charge in [-0.2, -0.15) is 0 Å². The summed E-state index contributed by atoms with van der Waals surface area (Å²) in [5.74, 6) is -0.196. The van der Waals surface area contributed by atoms with Gasteiger partial charge in [0.2, 0.25) is 0 Å². The normalized spacial score (nSPS) is 15.6. The van der Waals surface area contributed by atoms with Gasteiger partial charge in [-0.3, -0.25) is 14.2 Å². The second-order valence-corrected chi connectivity index (χ2v) is 11.8. The molecule has 0 fully saturated rings. The molecule has 176 valence electrons. The number of phenolic OH excluding ortho intramolecular Hbond substituents is 1. The van der Waals surface area contributed by atoms with Crippen LogP contribution in [0.25, 0.3) is 6.08 Å². The van der Waals surface area contributed by atoms with Gasteiger partial charge in [-0.1, -0.05) is 51.5 Å². The fourth-order valence-electron chi connectivity index (χ4n) is 3.88. The first-order chi connectivity index (χ1) is 16.8. The summed E-state index contributed by atoms with van der Waals surface area (Å²) in [7, 11) is 0. The molecular formula is C25H17BrIN3O3S2. The molecule has 5 rings (SSSR count). The molecule has 0 bridgehead atoms. The summed E-state index contributed by atoms with van der Waals surface area (Å²) in [5, 5.41) is 15.4. The van der Waals surface area contributed by atoms with E-state index in [0.29, 0.717) is 35.4 Å². The number of thiophene rings is 1. The highest BCUT2D eigenvalue weighted by Crippen LogP contribution is 2.33. The van der Waals surface area contributed by atoms with Crippen molar-refractivity contribution in [2.75, 3.05) is 5.32 Å². The number of hydrogen-bond donors (Lipinski definition) is 2. The molecule has 4 aromatic rings. The van der Waals surface area contributed by atoms with E-state index >= 15 is 0 Å². The molecule has 1 aliphatic heterocycles. The third-order valence-electron chi connectivity index (χ3n) is 5.45. The number of anilines is 1. The summed E-state index contributed by atoms with van der Waals surface area (Å²) in [4.78, 5) is 33.1. The molecule has 3 heterocycles. The molecule has 2 aromatic carbocycles. The number of rotatable bonds is 4. The molecule has 35 heavy (non-hydrogen) atoms. The van der Waals surface area contributed by atoms with E-state index in [1.165, 1.54) is 22.7 Å². The first kappa shape index (κ1) is 24.2. The van der Waals surface area contributed by atoms with Crippen molar-refractivity contribution in [2.45, 2.75) is 13.0 Å². The maximum atomic E-state index is 13.7. The van der Waals surface area contributed by atoms with E-state index in [1.54, 1.807) is 29.7 Å². The molecule has 0 unspecified atom stereocenters. The van der Waals surface area contributed by atoms with Crippen LogP contribution >= 0.6 is 61.2 Å². The Morgan fingerprint density at radius 2 is 2.00 bits per heavy atom. The molecule has 0 spiro atoms. The number of benzene rings is 2. The number of aromatic hydroxyl groups is 1. The molecule has 2 aromatic heterocycles. The van der Waals surface area contributed by atoms with Crippen LogP contribution in [0.1, 0.15) is 23.4 Å². The van der Waals surface area contributed by atoms with Gasteiger partial charge in [-0.05, 0) is 71.3 Å². The van der Waals surface area contributed by atoms with Gasteiger partial charge in [0.15, 0.2) is 4.80 Å². The lowest BCUT2D eigenvalue weighted by Gasteiger charge is -2.24. The first-order valence-corrected chi connectivity index (χ1v) is 14.0. The number of aromatic nitrogens is 1. The van der Waals surface area contributed by atoms with E-state index in [0.717, 1.165) is 9.35 Å². The van der Waals surface area contributed by atoms with Crippen molar-refractivity contribution in [2.24, 2.45) is 4.99 Å². The molecule has 0 saturated heterocycles. The Morgan fingerprint density at radius 3 is 2.71 bits per heavy atom. The summed E-state index contributed by atoms with van der Waals surface area (Å²) in [6, 6.07) is 16.0. The minimum absolute atomic E-state index is 0.105. The quantitative estimate of drug-likeness (QED) is 0.298. The maximum Gasteiger partial charge on any atom is 0.271 e. The summed E-state index contributed by atoms with van der Waals surface area (Å²) in [6.45, 7) is 1.79. The molecule has 0 aliphatic carbocycles. The van der Waals surface area contributed by atoms with Crippen LogP contribution in [0.2, 0.25) is 0 Å². The zero-order chi connectivity index (χ0) is 24.7. The SMILES string of the molecule is CC1=C(C(=O)Nc2ccccc2)[C@@H](c2cccs2)n2c(s/c(=C/c3cc(Br)cc(I)c3O)c2=O)=N1. The van der Waals surface area contributed by atoms with Gasteiger partial charge in [-0.25, -0.2) is 4.99 Å². The van der Waals surface area contributed by atoms with Crippen LogP contribution in [0, 0.1) is 3.57 Å². The summed E-state index contributed by atoms with van der Waals surface area (Å²) in [5.41, 5.74) is 1.91. The fourth-order valence-corrected chi connectivity index (χ4v) is 7.30. The second-order valence-electron chi connectivity index (χ2n) is 7.74. The minimum atomic E-state index is -0.603. The predicted molar refractivity (Wildman–Crippen MR) is 152 cm³/mol. The molecule has 0 radical (unpaired) electrons.